The molecule has 6 nitrogen and oxygen atoms in total. The second kappa shape index (κ2) is 7.99. The Balaban J connectivity index is 1.33. The van der Waals surface area contributed by atoms with Gasteiger partial charge in [-0.05, 0) is 42.7 Å². The number of nitrogens with zero attached hydrogens (tertiary/aromatic N) is 3. The number of amides is 1. The summed E-state index contributed by atoms with van der Waals surface area (Å²) >= 11 is 3.58. The maximum Gasteiger partial charge on any atom is 0.289 e. The van der Waals surface area contributed by atoms with Gasteiger partial charge in [0.2, 0.25) is 0 Å². The number of hydrogen-bond acceptors (Lipinski definition) is 3. The number of halogens is 1. The minimum atomic E-state index is -0.0424. The van der Waals surface area contributed by atoms with Crippen molar-refractivity contribution in [2.24, 2.45) is 4.99 Å². The van der Waals surface area contributed by atoms with Gasteiger partial charge in [-0.2, -0.15) is 0 Å². The van der Waals surface area contributed by atoms with Crippen molar-refractivity contribution < 1.29 is 9.21 Å². The predicted octanol–water partition coefficient (Wildman–Crippen LogP) is 3.11. The van der Waals surface area contributed by atoms with Crippen LogP contribution >= 0.6 is 15.9 Å². The van der Waals surface area contributed by atoms with Gasteiger partial charge in [-0.3, -0.25) is 9.79 Å². The summed E-state index contributed by atoms with van der Waals surface area (Å²) in [6.45, 7) is 3.72. The van der Waals surface area contributed by atoms with Gasteiger partial charge in [0.25, 0.3) is 5.91 Å². The third-order valence-corrected chi connectivity index (χ3v) is 6.18. The highest BCUT2D eigenvalue weighted by Crippen LogP contribution is 2.48. The van der Waals surface area contributed by atoms with E-state index in [0.717, 1.165) is 30.1 Å². The maximum atomic E-state index is 12.4. The first-order chi connectivity index (χ1) is 13.6. The van der Waals surface area contributed by atoms with Gasteiger partial charge in [0.15, 0.2) is 11.7 Å². The van der Waals surface area contributed by atoms with E-state index in [-0.39, 0.29) is 11.3 Å². The van der Waals surface area contributed by atoms with Gasteiger partial charge in [0, 0.05) is 49.7 Å². The molecular weight excluding hydrogens is 420 g/mol. The van der Waals surface area contributed by atoms with E-state index in [2.05, 4.69) is 55.4 Å². The van der Waals surface area contributed by atoms with Crippen LogP contribution < -0.4 is 5.32 Å². The van der Waals surface area contributed by atoms with E-state index in [1.165, 1.54) is 24.7 Å². The van der Waals surface area contributed by atoms with Crippen molar-refractivity contribution in [1.82, 2.24) is 15.1 Å². The van der Waals surface area contributed by atoms with Crippen LogP contribution in [0, 0.1) is 0 Å². The number of hydrogen-bond donors (Lipinski definition) is 1. The van der Waals surface area contributed by atoms with Crippen molar-refractivity contribution in [3.63, 3.8) is 0 Å². The first kappa shape index (κ1) is 19.1. The zero-order valence-electron chi connectivity index (χ0n) is 16.0. The molecule has 1 aliphatic carbocycles. The summed E-state index contributed by atoms with van der Waals surface area (Å²) in [5.74, 6) is 1.27. The SMILES string of the molecule is CN=C(NCC1(c2cccc(Br)c2)CC1)N1CCN(C(=O)c2ccco2)CC1. The second-order valence-corrected chi connectivity index (χ2v) is 8.36. The smallest absolute Gasteiger partial charge is 0.289 e. The third-order valence-electron chi connectivity index (χ3n) is 5.69. The Morgan fingerprint density at radius 2 is 1.93 bits per heavy atom. The Labute approximate surface area is 173 Å². The van der Waals surface area contributed by atoms with Gasteiger partial charge < -0.3 is 19.5 Å². The van der Waals surface area contributed by atoms with Crippen LogP contribution in [-0.4, -0.2) is 61.4 Å². The van der Waals surface area contributed by atoms with E-state index < -0.39 is 0 Å². The molecule has 1 aromatic carbocycles. The molecule has 1 aromatic heterocycles. The molecule has 7 heteroatoms. The maximum absolute atomic E-state index is 12.4. The lowest BCUT2D eigenvalue weighted by molar-refractivity contribution is 0.0657. The molecule has 28 heavy (non-hydrogen) atoms. The van der Waals surface area contributed by atoms with Crippen molar-refractivity contribution in [2.45, 2.75) is 18.3 Å². The first-order valence-electron chi connectivity index (χ1n) is 9.66. The van der Waals surface area contributed by atoms with E-state index in [1.807, 2.05) is 11.9 Å². The molecule has 0 atom stereocenters. The minimum absolute atomic E-state index is 0.0424. The molecule has 2 fully saturated rings. The fourth-order valence-corrected chi connectivity index (χ4v) is 4.19. The Kier molecular flexibility index (Phi) is 5.44. The minimum Gasteiger partial charge on any atom is -0.459 e. The average Bonchev–Trinajstić information content (AvgIpc) is 3.31. The Bertz CT molecular complexity index is 853. The predicted molar refractivity (Wildman–Crippen MR) is 113 cm³/mol. The van der Waals surface area contributed by atoms with Crippen LogP contribution in [0.4, 0.5) is 0 Å². The number of carbonyl (C=O) groups excluding carboxylic acids is 1. The summed E-state index contributed by atoms with van der Waals surface area (Å²) < 4.78 is 6.36. The van der Waals surface area contributed by atoms with Gasteiger partial charge in [0.05, 0.1) is 6.26 Å². The van der Waals surface area contributed by atoms with Gasteiger partial charge >= 0.3 is 0 Å². The fraction of sp³-hybridized carbons (Fsp3) is 0.429. The monoisotopic (exact) mass is 444 g/mol. The quantitative estimate of drug-likeness (QED) is 0.581. The molecule has 0 radical (unpaired) electrons. The Morgan fingerprint density at radius 1 is 1.18 bits per heavy atom. The highest BCUT2D eigenvalue weighted by Gasteiger charge is 2.44. The molecule has 0 spiro atoms. The molecule has 1 N–H and O–H groups in total. The number of piperazine rings is 1. The standard InChI is InChI=1S/C21H25BrN4O2/c1-23-20(24-15-21(7-8-21)16-4-2-5-17(22)14-16)26-11-9-25(10-12-26)19(27)18-6-3-13-28-18/h2-6,13-14H,7-12,15H2,1H3,(H,23,24). The molecule has 4 rings (SSSR count). The molecule has 2 heterocycles. The number of nitrogens with one attached hydrogen (secondary N) is 1. The van der Waals surface area contributed by atoms with E-state index in [0.29, 0.717) is 18.8 Å². The first-order valence-corrected chi connectivity index (χ1v) is 10.4. The average molecular weight is 445 g/mol. The lowest BCUT2D eigenvalue weighted by atomic mass is 9.96. The van der Waals surface area contributed by atoms with Crippen molar-refractivity contribution >= 4 is 27.8 Å². The Hall–Kier alpha value is -2.28. The second-order valence-electron chi connectivity index (χ2n) is 7.45. The van der Waals surface area contributed by atoms with Gasteiger partial charge in [-0.25, -0.2) is 0 Å². The zero-order chi connectivity index (χ0) is 19.6. The van der Waals surface area contributed by atoms with Gasteiger partial charge in [-0.15, -0.1) is 0 Å². The highest BCUT2D eigenvalue weighted by molar-refractivity contribution is 9.10. The number of furan rings is 1. The molecular formula is C21H25BrN4O2. The number of guanidine groups is 1. The van der Waals surface area contributed by atoms with Crippen molar-refractivity contribution in [3.8, 4) is 0 Å². The molecule has 0 bridgehead atoms. The van der Waals surface area contributed by atoms with Crippen LogP contribution in [-0.2, 0) is 5.41 Å². The molecule has 148 valence electrons. The van der Waals surface area contributed by atoms with Crippen molar-refractivity contribution in [1.29, 1.82) is 0 Å². The van der Waals surface area contributed by atoms with Gasteiger partial charge in [0.1, 0.15) is 0 Å². The normalized spacial score (nSPS) is 18.9. The highest BCUT2D eigenvalue weighted by atomic mass is 79.9. The number of carbonyl (C=O) groups is 1. The molecule has 1 saturated carbocycles. The van der Waals surface area contributed by atoms with E-state index in [4.69, 9.17) is 4.42 Å². The summed E-state index contributed by atoms with van der Waals surface area (Å²) in [5.41, 5.74) is 1.58. The van der Waals surface area contributed by atoms with E-state index >= 15 is 0 Å². The van der Waals surface area contributed by atoms with Crippen LogP contribution in [0.1, 0.15) is 29.0 Å². The number of aliphatic imine (C=N–C) groups is 1. The Morgan fingerprint density at radius 3 is 2.54 bits per heavy atom. The summed E-state index contributed by atoms with van der Waals surface area (Å²) in [6, 6.07) is 12.1. The lowest BCUT2D eigenvalue weighted by Gasteiger charge is -2.36. The molecule has 1 saturated heterocycles. The summed E-state index contributed by atoms with van der Waals surface area (Å²) in [7, 11) is 1.82. The third kappa shape index (κ3) is 3.94. The number of benzene rings is 1. The summed E-state index contributed by atoms with van der Waals surface area (Å²) in [5, 5.41) is 3.57. The zero-order valence-corrected chi connectivity index (χ0v) is 17.6. The van der Waals surface area contributed by atoms with Crippen LogP contribution in [0.2, 0.25) is 0 Å². The molecule has 1 amide bonds. The molecule has 2 aliphatic rings. The van der Waals surface area contributed by atoms with Crippen LogP contribution in [0.3, 0.4) is 0 Å². The van der Waals surface area contributed by atoms with E-state index in [9.17, 15) is 4.79 Å². The van der Waals surface area contributed by atoms with Crippen molar-refractivity contribution in [3.05, 3.63) is 58.5 Å². The fourth-order valence-electron chi connectivity index (χ4n) is 3.79. The molecule has 2 aromatic rings. The summed E-state index contributed by atoms with van der Waals surface area (Å²) in [6.07, 6.45) is 3.92. The molecule has 1 aliphatic heterocycles. The summed E-state index contributed by atoms with van der Waals surface area (Å²) in [4.78, 5) is 21.0. The van der Waals surface area contributed by atoms with E-state index in [1.54, 1.807) is 12.1 Å². The van der Waals surface area contributed by atoms with Gasteiger partial charge in [-0.1, -0.05) is 28.1 Å². The van der Waals surface area contributed by atoms with Crippen molar-refractivity contribution in [2.75, 3.05) is 39.8 Å². The van der Waals surface area contributed by atoms with Crippen LogP contribution in [0.25, 0.3) is 0 Å². The number of rotatable bonds is 4. The lowest BCUT2D eigenvalue weighted by Crippen LogP contribution is -2.54. The largest absolute Gasteiger partial charge is 0.459 e. The topological polar surface area (TPSA) is 61.1 Å². The molecule has 0 unspecified atom stereocenters. The van der Waals surface area contributed by atoms with Crippen LogP contribution in [0.5, 0.6) is 0 Å². The van der Waals surface area contributed by atoms with Crippen LogP contribution in [0.15, 0.2) is 56.5 Å².